The van der Waals surface area contributed by atoms with Crippen molar-refractivity contribution >= 4 is 76.3 Å². The van der Waals surface area contributed by atoms with Crippen LogP contribution in [-0.4, -0.2) is 97.3 Å². The molecule has 2 aliphatic rings. The van der Waals surface area contributed by atoms with Gasteiger partial charge >= 0.3 is 24.0 Å². The molecule has 17 nitrogen and oxygen atoms in total. The molecule has 78 heavy (non-hydrogen) atoms. The van der Waals surface area contributed by atoms with Crippen LogP contribution in [0.15, 0.2) is 114 Å². The second-order valence-corrected chi connectivity index (χ2v) is 22.8. The summed E-state index contributed by atoms with van der Waals surface area (Å²) < 4.78 is 39.6. The summed E-state index contributed by atoms with van der Waals surface area (Å²) in [7, 11) is 1.46. The topological polar surface area (TPSA) is 223 Å². The first-order valence-electron chi connectivity index (χ1n) is 25.6. The summed E-state index contributed by atoms with van der Waals surface area (Å²) in [6.45, 7) is 8.40. The Balaban J connectivity index is 1.20. The van der Waals surface area contributed by atoms with Gasteiger partial charge in [0.2, 0.25) is 9.70 Å². The molecular formula is C57H65Cl4N5O12. The van der Waals surface area contributed by atoms with Gasteiger partial charge in [-0.05, 0) is 96.1 Å². The lowest BCUT2D eigenvalue weighted by molar-refractivity contribution is -0.180. The zero-order valence-electron chi connectivity index (χ0n) is 44.2. The maximum Gasteiger partial charge on any atom is 0.407 e. The monoisotopic (exact) mass is 1150 g/mol. The molecular weight excluding hydrogens is 1090 g/mol. The fourth-order valence-electron chi connectivity index (χ4n) is 9.40. The minimum absolute atomic E-state index is 0.0459. The number of methoxy groups -OCH3 is 1. The number of carbonyl (C=O) groups is 5. The number of benzene rings is 4. The highest BCUT2D eigenvalue weighted by atomic mass is 35.6. The van der Waals surface area contributed by atoms with Crippen molar-refractivity contribution in [1.29, 1.82) is 0 Å². The predicted molar refractivity (Wildman–Crippen MR) is 296 cm³/mol. The molecule has 0 bridgehead atoms. The number of halogens is 4. The number of rotatable bonds is 26. The molecule has 0 unspecified atom stereocenters. The van der Waals surface area contributed by atoms with Crippen molar-refractivity contribution < 1.29 is 57.1 Å². The summed E-state index contributed by atoms with van der Waals surface area (Å²) in [5.74, 6) is -5.88. The average molecular weight is 1150 g/mol. The molecule has 7 atom stereocenters. The van der Waals surface area contributed by atoms with Crippen molar-refractivity contribution in [2.24, 2.45) is 22.9 Å². The van der Waals surface area contributed by atoms with Crippen LogP contribution in [0.4, 0.5) is 4.79 Å². The molecule has 4 aromatic rings. The Morgan fingerprint density at radius 2 is 1.53 bits per heavy atom. The van der Waals surface area contributed by atoms with E-state index >= 15 is 0 Å². The Hall–Kier alpha value is -6.04. The van der Waals surface area contributed by atoms with Crippen LogP contribution in [-0.2, 0) is 54.0 Å². The Morgan fingerprint density at radius 3 is 2.15 bits per heavy atom. The van der Waals surface area contributed by atoms with E-state index in [2.05, 4.69) is 20.7 Å². The molecule has 6 rings (SSSR count). The molecule has 2 amide bonds. The van der Waals surface area contributed by atoms with Crippen molar-refractivity contribution in [2.45, 2.75) is 113 Å². The minimum Gasteiger partial charge on any atom is -0.495 e. The van der Waals surface area contributed by atoms with Crippen LogP contribution in [0.3, 0.4) is 0 Å². The Bertz CT molecular complexity index is 2740. The predicted octanol–water partition coefficient (Wildman–Crippen LogP) is 11.9. The average Bonchev–Trinajstić information content (AvgIpc) is 4.12. The third kappa shape index (κ3) is 17.7. The number of alkyl carbamates (subject to hydrolysis) is 1. The summed E-state index contributed by atoms with van der Waals surface area (Å²) in [5.41, 5.74) is 14.5. The van der Waals surface area contributed by atoms with Gasteiger partial charge in [0.05, 0.1) is 24.2 Å². The number of hydrogen-bond acceptors (Lipinski definition) is 13. The zero-order chi connectivity index (χ0) is 56.6. The van der Waals surface area contributed by atoms with E-state index in [0.29, 0.717) is 11.3 Å². The van der Waals surface area contributed by atoms with E-state index < -0.39 is 88.4 Å². The molecule has 2 N–H and O–H groups in total. The number of nitrogens with zero attached hydrogens (tertiary/aromatic N) is 3. The third-order valence-corrected chi connectivity index (χ3v) is 13.8. The van der Waals surface area contributed by atoms with E-state index in [0.717, 1.165) is 27.8 Å². The molecule has 21 heteroatoms. The number of carbonyl (C=O) groups excluding carboxylic acids is 5. The van der Waals surface area contributed by atoms with Crippen LogP contribution in [0.25, 0.3) is 21.6 Å². The lowest BCUT2D eigenvalue weighted by atomic mass is 9.89. The maximum atomic E-state index is 14.6. The molecule has 1 heterocycles. The lowest BCUT2D eigenvalue weighted by Gasteiger charge is -2.31. The van der Waals surface area contributed by atoms with Gasteiger partial charge in [-0.3, -0.25) is 9.59 Å². The number of fused-ring (bicyclic) bond motifs is 3. The van der Waals surface area contributed by atoms with Crippen molar-refractivity contribution in [2.75, 3.05) is 33.4 Å². The fourth-order valence-corrected chi connectivity index (χ4v) is 9.84. The lowest BCUT2D eigenvalue weighted by Crippen LogP contribution is -2.43. The number of ether oxygens (including phenoxy) is 7. The molecule has 1 fully saturated rings. The van der Waals surface area contributed by atoms with Crippen LogP contribution < -0.4 is 15.4 Å². The summed E-state index contributed by atoms with van der Waals surface area (Å²) in [4.78, 5) is 71.9. The standard InChI is InChI=1S/C57H65Cl4N5O12/c1-34(2)28-48(76-52(68)38(18-15-27-64-66-62)31-63-55(71)73-32-43-41-21-12-10-19-39(41)40-20-11-13-22-42(40)43)54(70)75-46(35(3)50-51(78-56(4,5)77-50)37-16-8-7-9-17-37)23-14-24-49(67)65-45(53(69)74-33-57(59,60)61)30-36-25-26-47(72-6)44(58)29-36/h7-14,16-17,19-22,24-26,29,34-35,38,43,45-46,48,50-51H,15,18,23,27-28,30-33H2,1-6H3,(H,63,71)(H,65,67)/b24-14+/t35-,38+,45+,46-,48-,50+,51+/m0/s1. The molecule has 0 spiro atoms. The van der Waals surface area contributed by atoms with Crippen molar-refractivity contribution in [3.63, 3.8) is 0 Å². The smallest absolute Gasteiger partial charge is 0.407 e. The van der Waals surface area contributed by atoms with Gasteiger partial charge in [-0.25, -0.2) is 14.4 Å². The normalized spacial score (nSPS) is 17.6. The van der Waals surface area contributed by atoms with Gasteiger partial charge in [-0.15, -0.1) is 0 Å². The highest BCUT2D eigenvalue weighted by Crippen LogP contribution is 2.45. The molecule has 1 aliphatic carbocycles. The quantitative estimate of drug-likeness (QED) is 0.00876. The number of azide groups is 1. The second kappa shape index (κ2) is 28.7. The van der Waals surface area contributed by atoms with Gasteiger partial charge in [-0.1, -0.05) is 163 Å². The summed E-state index contributed by atoms with van der Waals surface area (Å²) in [6.07, 6.45) is -1.48. The third-order valence-electron chi connectivity index (χ3n) is 13.2. The van der Waals surface area contributed by atoms with Crippen molar-refractivity contribution in [3.05, 3.63) is 147 Å². The largest absolute Gasteiger partial charge is 0.495 e. The van der Waals surface area contributed by atoms with E-state index in [9.17, 15) is 24.0 Å². The van der Waals surface area contributed by atoms with Crippen molar-refractivity contribution in [3.8, 4) is 16.9 Å². The van der Waals surface area contributed by atoms with Gasteiger partial charge in [-0.2, -0.15) is 0 Å². The fraction of sp³-hybridized carbons (Fsp3) is 0.456. The molecule has 0 radical (unpaired) electrons. The molecule has 1 aliphatic heterocycles. The van der Waals surface area contributed by atoms with Gasteiger partial charge < -0.3 is 43.8 Å². The Labute approximate surface area is 474 Å². The summed E-state index contributed by atoms with van der Waals surface area (Å²) in [6, 6.07) is 28.9. The summed E-state index contributed by atoms with van der Waals surface area (Å²) in [5, 5.41) is 9.23. The molecule has 4 aromatic carbocycles. The van der Waals surface area contributed by atoms with E-state index in [1.807, 2.05) is 99.6 Å². The van der Waals surface area contributed by atoms with E-state index in [-0.39, 0.29) is 68.7 Å². The van der Waals surface area contributed by atoms with E-state index in [1.54, 1.807) is 32.0 Å². The number of hydrogen-bond donors (Lipinski definition) is 2. The minimum atomic E-state index is -1.92. The SMILES string of the molecule is COc1ccc(C[C@@H](NC(=O)/C=C/C[C@H](OC(=O)[C@H](CC(C)C)OC(=O)[C@H](CCCN=[N+]=[N-])CNC(=O)OCC2c3ccccc3-c3ccccc32)[C@H](C)[C@H]2OC(C)(C)O[C@@H]2c2ccccc2)C(=O)OCC(Cl)(Cl)Cl)cc1Cl. The number of esters is 3. The maximum absolute atomic E-state index is 14.6. The van der Waals surface area contributed by atoms with Gasteiger partial charge in [0.15, 0.2) is 11.9 Å². The van der Waals surface area contributed by atoms with Crippen molar-refractivity contribution in [1.82, 2.24) is 10.6 Å². The Kier molecular flexibility index (Phi) is 22.5. The molecule has 0 aromatic heterocycles. The first kappa shape index (κ1) is 61.2. The first-order valence-corrected chi connectivity index (χ1v) is 27.1. The molecule has 418 valence electrons. The van der Waals surface area contributed by atoms with Crippen LogP contribution in [0.2, 0.25) is 5.02 Å². The van der Waals surface area contributed by atoms with Crippen LogP contribution in [0.5, 0.6) is 5.75 Å². The van der Waals surface area contributed by atoms with Gasteiger partial charge in [0.1, 0.15) is 37.2 Å². The number of amides is 2. The highest BCUT2D eigenvalue weighted by Gasteiger charge is 2.47. The van der Waals surface area contributed by atoms with E-state index in [4.69, 9.17) is 85.1 Å². The highest BCUT2D eigenvalue weighted by molar-refractivity contribution is 6.67. The number of nitrogens with one attached hydrogen (secondary N) is 2. The van der Waals surface area contributed by atoms with Crippen LogP contribution >= 0.6 is 46.4 Å². The second-order valence-electron chi connectivity index (χ2n) is 19.9. The van der Waals surface area contributed by atoms with Crippen LogP contribution in [0.1, 0.15) is 94.6 Å². The van der Waals surface area contributed by atoms with E-state index in [1.165, 1.54) is 19.3 Å². The van der Waals surface area contributed by atoms with Crippen LogP contribution in [0, 0.1) is 17.8 Å². The van der Waals surface area contributed by atoms with Gasteiger partial charge in [0, 0.05) is 42.7 Å². The molecule has 1 saturated heterocycles. The van der Waals surface area contributed by atoms with Gasteiger partial charge in [0.25, 0.3) is 0 Å². The zero-order valence-corrected chi connectivity index (χ0v) is 47.2. The molecule has 0 saturated carbocycles. The first-order chi connectivity index (χ1) is 37.2. The number of alkyl halides is 3. The Morgan fingerprint density at radius 1 is 0.859 bits per heavy atom. The summed E-state index contributed by atoms with van der Waals surface area (Å²) >= 11 is 24.0.